The van der Waals surface area contributed by atoms with E-state index in [2.05, 4.69) is 15.0 Å². The number of carbonyl (C=O) groups is 2. The molecule has 2 aromatic rings. The summed E-state index contributed by atoms with van der Waals surface area (Å²) >= 11 is 0.976. The minimum Gasteiger partial charge on any atom is -0.464 e. The topological polar surface area (TPSA) is 86.8 Å². The molecule has 7 nitrogen and oxygen atoms in total. The van der Waals surface area contributed by atoms with Crippen LogP contribution < -0.4 is 5.32 Å². The van der Waals surface area contributed by atoms with Gasteiger partial charge in [0.05, 0.1) is 13.7 Å². The van der Waals surface area contributed by atoms with E-state index in [9.17, 15) is 22.8 Å². The van der Waals surface area contributed by atoms with E-state index in [0.717, 1.165) is 30.6 Å². The highest BCUT2D eigenvalue weighted by molar-refractivity contribution is 7.09. The Morgan fingerprint density at radius 2 is 1.83 bits per heavy atom. The minimum atomic E-state index is -5.05. The molecule has 0 saturated heterocycles. The average Bonchev–Trinajstić information content (AvgIpc) is 3.18. The third kappa shape index (κ3) is 4.57. The first-order chi connectivity index (χ1) is 13.7. The Labute approximate surface area is 168 Å². The van der Waals surface area contributed by atoms with Crippen molar-refractivity contribution in [2.24, 2.45) is 0 Å². The van der Waals surface area contributed by atoms with Gasteiger partial charge in [-0.2, -0.15) is 13.2 Å². The molecule has 0 saturated carbocycles. The molecule has 1 aromatic heterocycles. The number of amides is 1. The van der Waals surface area contributed by atoms with Crippen LogP contribution in [0.3, 0.4) is 0 Å². The molecule has 0 spiro atoms. The van der Waals surface area contributed by atoms with Gasteiger partial charge in [0.1, 0.15) is 11.0 Å². The number of halogens is 3. The molecule has 1 N–H and O–H groups in total. The lowest BCUT2D eigenvalue weighted by molar-refractivity contribution is -0.266. The molecule has 0 fully saturated rings. The van der Waals surface area contributed by atoms with Crippen molar-refractivity contribution in [3.8, 4) is 0 Å². The summed E-state index contributed by atoms with van der Waals surface area (Å²) in [5.74, 6) is -2.14. The molecule has 1 unspecified atom stereocenters. The summed E-state index contributed by atoms with van der Waals surface area (Å²) in [4.78, 5) is 28.5. The van der Waals surface area contributed by atoms with Crippen LogP contribution in [0.15, 0.2) is 35.7 Å². The molecule has 2 rings (SSSR count). The molecule has 0 bridgehead atoms. The number of nitrogens with one attached hydrogen (secondary N) is 1. The van der Waals surface area contributed by atoms with E-state index in [1.165, 1.54) is 37.8 Å². The molecular weight excluding hydrogens is 413 g/mol. The Balaban J connectivity index is 2.42. The quantitative estimate of drug-likeness (QED) is 0.646. The van der Waals surface area contributed by atoms with Gasteiger partial charge in [0.15, 0.2) is 5.69 Å². The molecule has 1 aromatic carbocycles. The number of hydrogen-bond donors (Lipinski definition) is 1. The lowest BCUT2D eigenvalue weighted by atomic mass is 9.91. The van der Waals surface area contributed by atoms with Crippen molar-refractivity contribution in [2.45, 2.75) is 17.8 Å². The zero-order chi connectivity index (χ0) is 21.7. The van der Waals surface area contributed by atoms with Crippen molar-refractivity contribution in [3.63, 3.8) is 0 Å². The van der Waals surface area contributed by atoms with Crippen LogP contribution in [0.1, 0.15) is 27.1 Å². The summed E-state index contributed by atoms with van der Waals surface area (Å²) in [6, 6.07) is 5.53. The van der Waals surface area contributed by atoms with Crippen LogP contribution in [0.2, 0.25) is 0 Å². The molecular formula is C18H19F3N2O5S. The van der Waals surface area contributed by atoms with Gasteiger partial charge in [0.2, 0.25) is 0 Å². The van der Waals surface area contributed by atoms with Crippen LogP contribution in [0.4, 0.5) is 13.2 Å². The van der Waals surface area contributed by atoms with Crippen LogP contribution in [0.5, 0.6) is 0 Å². The lowest BCUT2D eigenvalue weighted by Gasteiger charge is -2.34. The van der Waals surface area contributed by atoms with E-state index in [1.54, 1.807) is 0 Å². The number of methoxy groups -OCH3 is 3. The van der Waals surface area contributed by atoms with Crippen molar-refractivity contribution in [2.75, 3.05) is 27.9 Å². The van der Waals surface area contributed by atoms with Crippen molar-refractivity contribution in [1.29, 1.82) is 0 Å². The number of rotatable bonds is 8. The molecule has 11 heteroatoms. The highest BCUT2D eigenvalue weighted by Gasteiger charge is 2.62. The molecule has 0 aliphatic carbocycles. The third-order valence-corrected chi connectivity index (χ3v) is 5.02. The number of aromatic nitrogens is 1. The Bertz CT molecular complexity index is 844. The first kappa shape index (κ1) is 22.8. The van der Waals surface area contributed by atoms with Crippen molar-refractivity contribution >= 4 is 23.2 Å². The minimum absolute atomic E-state index is 0.0280. The van der Waals surface area contributed by atoms with E-state index < -0.39 is 29.7 Å². The molecule has 0 aliphatic heterocycles. The van der Waals surface area contributed by atoms with E-state index >= 15 is 0 Å². The van der Waals surface area contributed by atoms with Gasteiger partial charge in [0, 0.05) is 25.2 Å². The Morgan fingerprint density at radius 3 is 2.34 bits per heavy atom. The van der Waals surface area contributed by atoms with Gasteiger partial charge < -0.3 is 19.5 Å². The number of esters is 1. The van der Waals surface area contributed by atoms with Crippen LogP contribution in [-0.4, -0.2) is 51.0 Å². The SMILES string of the molecule is COC[C@H](NC(=O)C(OC)(c1ccccc1)C(F)(F)F)c1nc(C(=O)OC)cs1. The summed E-state index contributed by atoms with van der Waals surface area (Å²) in [6.45, 7) is -0.174. The van der Waals surface area contributed by atoms with E-state index in [-0.39, 0.29) is 22.9 Å². The van der Waals surface area contributed by atoms with E-state index in [1.807, 2.05) is 0 Å². The molecule has 29 heavy (non-hydrogen) atoms. The number of nitrogens with zero attached hydrogens (tertiary/aromatic N) is 1. The van der Waals surface area contributed by atoms with Crippen molar-refractivity contribution in [3.05, 3.63) is 52.0 Å². The second kappa shape index (κ2) is 9.33. The number of ether oxygens (including phenoxy) is 3. The predicted octanol–water partition coefficient (Wildman–Crippen LogP) is 2.84. The zero-order valence-corrected chi connectivity index (χ0v) is 16.6. The predicted molar refractivity (Wildman–Crippen MR) is 97.4 cm³/mol. The lowest BCUT2D eigenvalue weighted by Crippen LogP contribution is -2.56. The Kier molecular flexibility index (Phi) is 7.33. The standard InChI is InChI=1S/C18H19F3N2O5S/c1-26-9-12(14-22-13(10-29-14)15(24)27-2)23-16(25)17(28-3,18(19,20)21)11-7-5-4-6-8-11/h4-8,10,12H,9H2,1-3H3,(H,23,25)/t12-,17?/m0/s1. The summed E-state index contributed by atoms with van der Waals surface area (Å²) < 4.78 is 56.4. The van der Waals surface area contributed by atoms with E-state index in [4.69, 9.17) is 9.47 Å². The number of benzene rings is 1. The van der Waals surface area contributed by atoms with Crippen molar-refractivity contribution in [1.82, 2.24) is 10.3 Å². The molecule has 1 heterocycles. The third-order valence-electron chi connectivity index (χ3n) is 4.06. The fraction of sp³-hybridized carbons (Fsp3) is 0.389. The van der Waals surface area contributed by atoms with Gasteiger partial charge in [-0.05, 0) is 0 Å². The molecule has 158 valence electrons. The normalized spacial score (nSPS) is 14.7. The summed E-state index contributed by atoms with van der Waals surface area (Å²) in [5, 5.41) is 3.85. The number of carbonyl (C=O) groups excluding carboxylic acids is 2. The molecule has 0 radical (unpaired) electrons. The van der Waals surface area contributed by atoms with Gasteiger partial charge in [-0.3, -0.25) is 4.79 Å². The van der Waals surface area contributed by atoms with Crippen LogP contribution >= 0.6 is 11.3 Å². The van der Waals surface area contributed by atoms with Gasteiger partial charge in [-0.1, -0.05) is 30.3 Å². The first-order valence-corrected chi connectivity index (χ1v) is 9.10. The molecule has 1 amide bonds. The van der Waals surface area contributed by atoms with Gasteiger partial charge in [0.25, 0.3) is 11.5 Å². The summed E-state index contributed by atoms with van der Waals surface area (Å²) in [6.07, 6.45) is -5.05. The van der Waals surface area contributed by atoms with Crippen LogP contribution in [0.25, 0.3) is 0 Å². The fourth-order valence-corrected chi connectivity index (χ4v) is 3.49. The number of hydrogen-bond acceptors (Lipinski definition) is 7. The average molecular weight is 432 g/mol. The highest BCUT2D eigenvalue weighted by atomic mass is 32.1. The maximum Gasteiger partial charge on any atom is 0.430 e. The van der Waals surface area contributed by atoms with Gasteiger partial charge in [-0.15, -0.1) is 11.3 Å². The maximum atomic E-state index is 14.0. The van der Waals surface area contributed by atoms with Crippen LogP contribution in [-0.2, 0) is 24.6 Å². The molecule has 0 aliphatic rings. The Morgan fingerprint density at radius 1 is 1.17 bits per heavy atom. The second-order valence-electron chi connectivity index (χ2n) is 5.79. The van der Waals surface area contributed by atoms with Crippen LogP contribution in [0, 0.1) is 0 Å². The van der Waals surface area contributed by atoms with E-state index in [0.29, 0.717) is 0 Å². The first-order valence-electron chi connectivity index (χ1n) is 8.22. The van der Waals surface area contributed by atoms with Gasteiger partial charge >= 0.3 is 12.1 Å². The maximum absolute atomic E-state index is 14.0. The Hall–Kier alpha value is -2.50. The fourth-order valence-electron chi connectivity index (χ4n) is 2.67. The highest BCUT2D eigenvalue weighted by Crippen LogP contribution is 2.42. The second-order valence-corrected chi connectivity index (χ2v) is 6.68. The monoisotopic (exact) mass is 432 g/mol. The number of thiazole rings is 1. The van der Waals surface area contributed by atoms with Crippen molar-refractivity contribution < 1.29 is 37.0 Å². The molecule has 2 atom stereocenters. The largest absolute Gasteiger partial charge is 0.464 e. The summed E-state index contributed by atoms with van der Waals surface area (Å²) in [5.41, 5.74) is -3.64. The summed E-state index contributed by atoms with van der Waals surface area (Å²) in [7, 11) is 3.30. The zero-order valence-electron chi connectivity index (χ0n) is 15.8. The smallest absolute Gasteiger partial charge is 0.430 e. The number of alkyl halides is 3. The van der Waals surface area contributed by atoms with Gasteiger partial charge in [-0.25, -0.2) is 9.78 Å².